The number of rotatable bonds is 4. The van der Waals surface area contributed by atoms with Crippen LogP contribution in [0.3, 0.4) is 0 Å². The molecule has 2 rings (SSSR count). The molecule has 0 unspecified atom stereocenters. The Morgan fingerprint density at radius 1 is 1.53 bits per heavy atom. The van der Waals surface area contributed by atoms with E-state index in [0.29, 0.717) is 22.6 Å². The summed E-state index contributed by atoms with van der Waals surface area (Å²) in [6.45, 7) is 2.05. The summed E-state index contributed by atoms with van der Waals surface area (Å²) in [6.07, 6.45) is 2.84. The summed E-state index contributed by atoms with van der Waals surface area (Å²) in [5.41, 5.74) is 1.15. The second kappa shape index (κ2) is 4.89. The molecule has 92 valence electrons. The van der Waals surface area contributed by atoms with E-state index in [2.05, 4.69) is 9.97 Å². The summed E-state index contributed by atoms with van der Waals surface area (Å²) in [6, 6.07) is 1.62. The van der Waals surface area contributed by atoms with Crippen LogP contribution in [0.4, 0.5) is 0 Å². The van der Waals surface area contributed by atoms with E-state index in [1.54, 1.807) is 10.6 Å². The van der Waals surface area contributed by atoms with Gasteiger partial charge in [-0.2, -0.15) is 4.98 Å². The molecule has 0 saturated carbocycles. The number of aromatic hydroxyl groups is 1. The van der Waals surface area contributed by atoms with E-state index < -0.39 is 0 Å². The van der Waals surface area contributed by atoms with Gasteiger partial charge in [0.15, 0.2) is 5.65 Å². The van der Waals surface area contributed by atoms with Gasteiger partial charge in [-0.3, -0.25) is 4.57 Å². The number of fused-ring (bicyclic) bond motifs is 1. The van der Waals surface area contributed by atoms with E-state index >= 15 is 0 Å². The van der Waals surface area contributed by atoms with Gasteiger partial charge in [-0.15, -0.1) is 0 Å². The first-order valence-corrected chi connectivity index (χ1v) is 5.88. The Kier molecular flexibility index (Phi) is 3.49. The van der Waals surface area contributed by atoms with Crippen LogP contribution in [0.25, 0.3) is 11.2 Å². The zero-order valence-electron chi connectivity index (χ0n) is 9.47. The largest absolute Gasteiger partial charge is 0.480 e. The maximum atomic E-state index is 9.84. The summed E-state index contributed by atoms with van der Waals surface area (Å²) >= 11 is 5.89. The summed E-state index contributed by atoms with van der Waals surface area (Å²) in [5, 5.41) is 19.4. The molecule has 17 heavy (non-hydrogen) atoms. The second-order valence-corrected chi connectivity index (χ2v) is 4.29. The van der Waals surface area contributed by atoms with Crippen LogP contribution in [0.1, 0.15) is 25.8 Å². The van der Waals surface area contributed by atoms with Crippen LogP contribution in [0.15, 0.2) is 12.3 Å². The standard InChI is InChI=1S/C11H14ClN3O2/c1-2-8(3-4-16)15-9-5-7(12)6-13-10(9)14-11(15)17/h5-6,8,16H,2-4H2,1H3,(H,13,14,17)/t8-/m1/s1. The summed E-state index contributed by atoms with van der Waals surface area (Å²) in [5.74, 6) is 0. The number of hydrogen-bond donors (Lipinski definition) is 2. The molecule has 2 N–H and O–H groups in total. The van der Waals surface area contributed by atoms with Gasteiger partial charge in [0.25, 0.3) is 6.01 Å². The highest BCUT2D eigenvalue weighted by Gasteiger charge is 2.18. The van der Waals surface area contributed by atoms with Gasteiger partial charge in [0.05, 0.1) is 10.5 Å². The number of aliphatic hydroxyl groups excluding tert-OH is 1. The molecule has 2 aromatic heterocycles. The Morgan fingerprint density at radius 2 is 2.29 bits per heavy atom. The molecule has 1 atom stereocenters. The van der Waals surface area contributed by atoms with Crippen molar-refractivity contribution in [3.63, 3.8) is 0 Å². The zero-order valence-corrected chi connectivity index (χ0v) is 10.2. The molecule has 0 aromatic carbocycles. The number of imidazole rings is 1. The van der Waals surface area contributed by atoms with Gasteiger partial charge in [0, 0.05) is 18.8 Å². The lowest BCUT2D eigenvalue weighted by Gasteiger charge is -2.16. The van der Waals surface area contributed by atoms with Crippen molar-refractivity contribution in [3.05, 3.63) is 17.3 Å². The predicted molar refractivity (Wildman–Crippen MR) is 65.2 cm³/mol. The van der Waals surface area contributed by atoms with Crippen LogP contribution in [-0.2, 0) is 0 Å². The third-order valence-corrected chi connectivity index (χ3v) is 3.00. The minimum absolute atomic E-state index is 0.00901. The number of hydrogen-bond acceptors (Lipinski definition) is 4. The molecule has 0 fully saturated rings. The van der Waals surface area contributed by atoms with E-state index in [1.165, 1.54) is 6.20 Å². The first kappa shape index (κ1) is 12.1. The van der Waals surface area contributed by atoms with Crippen LogP contribution in [-0.4, -0.2) is 31.4 Å². The van der Waals surface area contributed by atoms with Crippen molar-refractivity contribution in [1.82, 2.24) is 14.5 Å². The summed E-state index contributed by atoms with van der Waals surface area (Å²) in [4.78, 5) is 8.03. The first-order valence-electron chi connectivity index (χ1n) is 5.50. The average Bonchev–Trinajstić information content (AvgIpc) is 2.62. The van der Waals surface area contributed by atoms with Gasteiger partial charge in [0.2, 0.25) is 0 Å². The monoisotopic (exact) mass is 255 g/mol. The van der Waals surface area contributed by atoms with Crippen molar-refractivity contribution in [1.29, 1.82) is 0 Å². The van der Waals surface area contributed by atoms with Crippen molar-refractivity contribution < 1.29 is 10.2 Å². The zero-order chi connectivity index (χ0) is 12.4. The number of nitrogens with zero attached hydrogens (tertiary/aromatic N) is 3. The smallest absolute Gasteiger partial charge is 0.296 e. The van der Waals surface area contributed by atoms with E-state index in [9.17, 15) is 5.11 Å². The minimum atomic E-state index is -0.0879. The Morgan fingerprint density at radius 3 is 2.94 bits per heavy atom. The van der Waals surface area contributed by atoms with E-state index in [4.69, 9.17) is 16.7 Å². The molecule has 6 heteroatoms. The van der Waals surface area contributed by atoms with Gasteiger partial charge in [-0.05, 0) is 18.9 Å². The molecular formula is C11H14ClN3O2. The highest BCUT2D eigenvalue weighted by atomic mass is 35.5. The molecule has 2 heterocycles. The van der Waals surface area contributed by atoms with Gasteiger partial charge >= 0.3 is 0 Å². The minimum Gasteiger partial charge on any atom is -0.480 e. The predicted octanol–water partition coefficient (Wildman–Crippen LogP) is 2.12. The molecule has 0 aliphatic rings. The number of halogens is 1. The molecular weight excluding hydrogens is 242 g/mol. The lowest BCUT2D eigenvalue weighted by molar-refractivity contribution is 0.248. The molecule has 0 aliphatic carbocycles. The quantitative estimate of drug-likeness (QED) is 0.878. The Bertz CT molecular complexity index is 527. The van der Waals surface area contributed by atoms with Crippen LogP contribution in [0.5, 0.6) is 6.01 Å². The summed E-state index contributed by atoms with van der Waals surface area (Å²) < 4.78 is 1.67. The molecule has 5 nitrogen and oxygen atoms in total. The number of aromatic nitrogens is 3. The van der Waals surface area contributed by atoms with E-state index in [-0.39, 0.29) is 18.7 Å². The first-order chi connectivity index (χ1) is 8.17. The highest BCUT2D eigenvalue weighted by molar-refractivity contribution is 6.31. The maximum Gasteiger partial charge on any atom is 0.296 e. The third kappa shape index (κ3) is 2.21. The van der Waals surface area contributed by atoms with Crippen molar-refractivity contribution in [2.24, 2.45) is 0 Å². The van der Waals surface area contributed by atoms with Gasteiger partial charge in [-0.1, -0.05) is 18.5 Å². The van der Waals surface area contributed by atoms with Gasteiger partial charge < -0.3 is 10.2 Å². The van der Waals surface area contributed by atoms with Gasteiger partial charge in [0.1, 0.15) is 0 Å². The fourth-order valence-corrected chi connectivity index (χ4v) is 2.12. The third-order valence-electron chi connectivity index (χ3n) is 2.79. The molecule has 0 saturated heterocycles. The van der Waals surface area contributed by atoms with Crippen molar-refractivity contribution in [2.45, 2.75) is 25.8 Å². The van der Waals surface area contributed by atoms with E-state index in [1.807, 2.05) is 6.92 Å². The number of pyridine rings is 1. The van der Waals surface area contributed by atoms with Crippen molar-refractivity contribution >= 4 is 22.8 Å². The molecule has 0 bridgehead atoms. The molecule has 0 radical (unpaired) electrons. The normalized spacial score (nSPS) is 13.1. The topological polar surface area (TPSA) is 71.2 Å². The van der Waals surface area contributed by atoms with Crippen LogP contribution in [0, 0.1) is 0 Å². The van der Waals surface area contributed by atoms with Gasteiger partial charge in [-0.25, -0.2) is 4.98 Å². The summed E-state index contributed by atoms with van der Waals surface area (Å²) in [7, 11) is 0. The van der Waals surface area contributed by atoms with Crippen LogP contribution >= 0.6 is 11.6 Å². The SMILES string of the molecule is CC[C@H](CCO)n1c(O)nc2ncc(Cl)cc21. The molecule has 0 spiro atoms. The second-order valence-electron chi connectivity index (χ2n) is 3.85. The number of aliphatic hydroxyl groups is 1. The maximum absolute atomic E-state index is 9.84. The van der Waals surface area contributed by atoms with Crippen molar-refractivity contribution in [3.8, 4) is 6.01 Å². The molecule has 0 aliphatic heterocycles. The Hall–Kier alpha value is -1.33. The highest BCUT2D eigenvalue weighted by Crippen LogP contribution is 2.29. The molecule has 0 amide bonds. The average molecular weight is 256 g/mol. The Labute approximate surface area is 104 Å². The molecule has 2 aromatic rings. The van der Waals surface area contributed by atoms with Crippen molar-refractivity contribution in [2.75, 3.05) is 6.61 Å². The lowest BCUT2D eigenvalue weighted by atomic mass is 10.1. The van der Waals surface area contributed by atoms with Crippen LogP contribution in [0.2, 0.25) is 5.02 Å². The lowest BCUT2D eigenvalue weighted by Crippen LogP contribution is -2.09. The fraction of sp³-hybridized carbons (Fsp3) is 0.455. The van der Waals surface area contributed by atoms with E-state index in [0.717, 1.165) is 6.42 Å². The Balaban J connectivity index is 2.57. The van der Waals surface area contributed by atoms with Crippen LogP contribution < -0.4 is 0 Å². The fourth-order valence-electron chi connectivity index (χ4n) is 1.97.